The molecule has 0 heterocycles. The number of para-hydroxylation sites is 2. The molecule has 2 unspecified atom stereocenters. The Kier molecular flexibility index (Phi) is 12.6. The van der Waals surface area contributed by atoms with E-state index in [0.29, 0.717) is 35.8 Å². The summed E-state index contributed by atoms with van der Waals surface area (Å²) in [7, 11) is 0. The van der Waals surface area contributed by atoms with Gasteiger partial charge in [0.2, 0.25) is 0 Å². The van der Waals surface area contributed by atoms with Crippen LogP contribution in [0.25, 0.3) is 0 Å². The van der Waals surface area contributed by atoms with Crippen molar-refractivity contribution in [2.45, 2.75) is 63.6 Å². The molecule has 5 nitrogen and oxygen atoms in total. The molecule has 0 radical (unpaired) electrons. The first-order valence-electron chi connectivity index (χ1n) is 17.9. The Balaban J connectivity index is 1.44. The molecule has 6 rings (SSSR count). The minimum absolute atomic E-state index is 0.157. The third-order valence-corrected chi connectivity index (χ3v) is 10.9. The summed E-state index contributed by atoms with van der Waals surface area (Å²) < 4.78 is 19.9. The lowest BCUT2D eigenvalue weighted by Crippen LogP contribution is -2.27. The van der Waals surface area contributed by atoms with Crippen molar-refractivity contribution in [1.29, 1.82) is 0 Å². The van der Waals surface area contributed by atoms with Gasteiger partial charge in [-0.2, -0.15) is 0 Å². The summed E-state index contributed by atoms with van der Waals surface area (Å²) >= 11 is 25.8. The van der Waals surface area contributed by atoms with E-state index in [-0.39, 0.29) is 31.6 Å². The fraction of sp³-hybridized carbons (Fsp3) is 0.217. The van der Waals surface area contributed by atoms with E-state index >= 15 is 0 Å². The van der Waals surface area contributed by atoms with Gasteiger partial charge in [-0.15, -0.1) is 0 Å². The van der Waals surface area contributed by atoms with Crippen LogP contribution in [0.1, 0.15) is 75.0 Å². The van der Waals surface area contributed by atoms with E-state index in [9.17, 15) is 10.2 Å². The molecule has 0 bridgehead atoms. The standard InChI is InChI=1S/C46H42Cl4O5/c1-45(2,31-23-37(47)43(51)38(48)24-31)27-41(29-13-11-19-35(21-29)53-33-15-7-5-8-16-33)55-42(28-46(3,4)32-25-39(49)44(52)40(50)26-32)30-14-12-20-36(22-30)54-34-17-9-6-10-18-34/h5-26,41-42,51-52H,27-28H2,1-4H3. The molecule has 55 heavy (non-hydrogen) atoms. The zero-order valence-electron chi connectivity index (χ0n) is 30.9. The summed E-state index contributed by atoms with van der Waals surface area (Å²) in [5, 5.41) is 21.4. The van der Waals surface area contributed by atoms with Crippen LogP contribution in [0.4, 0.5) is 0 Å². The van der Waals surface area contributed by atoms with Gasteiger partial charge in [0.15, 0.2) is 11.5 Å². The van der Waals surface area contributed by atoms with Gasteiger partial charge >= 0.3 is 0 Å². The third-order valence-electron chi connectivity index (χ3n) is 9.73. The van der Waals surface area contributed by atoms with Crippen molar-refractivity contribution < 1.29 is 24.4 Å². The molecule has 0 saturated carbocycles. The predicted molar refractivity (Wildman–Crippen MR) is 224 cm³/mol. The molecular weight excluding hydrogens is 774 g/mol. The van der Waals surface area contributed by atoms with Crippen LogP contribution in [-0.4, -0.2) is 10.2 Å². The Labute approximate surface area is 343 Å². The highest BCUT2D eigenvalue weighted by Crippen LogP contribution is 2.47. The molecule has 0 fully saturated rings. The number of phenolic OH excluding ortho intramolecular Hbond substituents is 2. The van der Waals surface area contributed by atoms with Crippen LogP contribution < -0.4 is 9.47 Å². The van der Waals surface area contributed by atoms with Crippen molar-refractivity contribution in [2.24, 2.45) is 0 Å². The Hall–Kier alpha value is -4.36. The summed E-state index contributed by atoms with van der Waals surface area (Å²) in [6, 6.07) is 42.1. The molecule has 2 atom stereocenters. The van der Waals surface area contributed by atoms with Crippen molar-refractivity contribution in [3.63, 3.8) is 0 Å². The number of halogens is 4. The quantitative estimate of drug-likeness (QED) is 0.115. The molecule has 0 aliphatic rings. The maximum atomic E-state index is 10.4. The van der Waals surface area contributed by atoms with Gasteiger partial charge in [0.1, 0.15) is 23.0 Å². The van der Waals surface area contributed by atoms with Gasteiger partial charge in [0.25, 0.3) is 0 Å². The first-order chi connectivity index (χ1) is 26.2. The minimum Gasteiger partial charge on any atom is -0.505 e. The molecule has 6 aromatic carbocycles. The average molecular weight is 817 g/mol. The summed E-state index contributed by atoms with van der Waals surface area (Å²) in [6.07, 6.45) is -0.000169. The maximum absolute atomic E-state index is 10.4. The van der Waals surface area contributed by atoms with Gasteiger partial charge in [-0.25, -0.2) is 0 Å². The number of benzene rings is 6. The number of phenols is 2. The van der Waals surface area contributed by atoms with E-state index in [1.54, 1.807) is 24.3 Å². The molecule has 2 N–H and O–H groups in total. The smallest absolute Gasteiger partial charge is 0.152 e. The normalized spacial score (nSPS) is 12.9. The Bertz CT molecular complexity index is 2040. The minimum atomic E-state index is -0.543. The van der Waals surface area contributed by atoms with E-state index in [1.807, 2.05) is 109 Å². The van der Waals surface area contributed by atoms with E-state index in [0.717, 1.165) is 22.3 Å². The monoisotopic (exact) mass is 814 g/mol. The topological polar surface area (TPSA) is 68.2 Å². The molecule has 6 aromatic rings. The highest BCUT2D eigenvalue weighted by molar-refractivity contribution is 6.37. The van der Waals surface area contributed by atoms with Crippen LogP contribution in [0.5, 0.6) is 34.5 Å². The van der Waals surface area contributed by atoms with Crippen molar-refractivity contribution in [3.8, 4) is 34.5 Å². The molecule has 0 spiro atoms. The van der Waals surface area contributed by atoms with E-state index < -0.39 is 23.0 Å². The third kappa shape index (κ3) is 10.1. The Morgan fingerprint density at radius 1 is 0.455 bits per heavy atom. The van der Waals surface area contributed by atoms with Gasteiger partial charge in [-0.1, -0.05) is 135 Å². The van der Waals surface area contributed by atoms with Gasteiger partial charge in [-0.3, -0.25) is 0 Å². The van der Waals surface area contributed by atoms with Gasteiger partial charge in [-0.05, 0) is 119 Å². The van der Waals surface area contributed by atoms with Crippen LogP contribution in [0.3, 0.4) is 0 Å². The second kappa shape index (κ2) is 17.2. The second-order valence-corrected chi connectivity index (χ2v) is 16.5. The number of aromatic hydroxyl groups is 2. The van der Waals surface area contributed by atoms with Crippen LogP contribution >= 0.6 is 46.4 Å². The van der Waals surface area contributed by atoms with Crippen molar-refractivity contribution >= 4 is 46.4 Å². The molecule has 0 aliphatic heterocycles. The Morgan fingerprint density at radius 2 is 0.782 bits per heavy atom. The lowest BCUT2D eigenvalue weighted by molar-refractivity contribution is -0.0413. The summed E-state index contributed by atoms with van der Waals surface area (Å²) in [5.74, 6) is 2.44. The average Bonchev–Trinajstić information content (AvgIpc) is 3.16. The highest BCUT2D eigenvalue weighted by Gasteiger charge is 2.34. The van der Waals surface area contributed by atoms with Crippen LogP contribution in [0.15, 0.2) is 133 Å². The molecular formula is C46H42Cl4O5. The molecule has 0 aromatic heterocycles. The zero-order valence-corrected chi connectivity index (χ0v) is 33.9. The number of rotatable bonds is 14. The summed E-state index contributed by atoms with van der Waals surface area (Å²) in [4.78, 5) is 0. The first-order valence-corrected chi connectivity index (χ1v) is 19.4. The van der Waals surface area contributed by atoms with Crippen LogP contribution in [0, 0.1) is 0 Å². The Morgan fingerprint density at radius 3 is 1.13 bits per heavy atom. The largest absolute Gasteiger partial charge is 0.505 e. The lowest BCUT2D eigenvalue weighted by Gasteiger charge is -2.36. The fourth-order valence-electron chi connectivity index (χ4n) is 6.57. The second-order valence-electron chi connectivity index (χ2n) is 14.8. The number of hydrogen-bond acceptors (Lipinski definition) is 5. The predicted octanol–water partition coefficient (Wildman–Crippen LogP) is 14.8. The molecule has 0 saturated heterocycles. The highest BCUT2D eigenvalue weighted by atomic mass is 35.5. The van der Waals surface area contributed by atoms with Gasteiger partial charge < -0.3 is 24.4 Å². The van der Waals surface area contributed by atoms with Crippen molar-refractivity contribution in [1.82, 2.24) is 0 Å². The van der Waals surface area contributed by atoms with E-state index in [4.69, 9.17) is 60.6 Å². The summed E-state index contributed by atoms with van der Waals surface area (Å²) in [5.41, 5.74) is 2.39. The summed E-state index contributed by atoms with van der Waals surface area (Å²) in [6.45, 7) is 8.39. The lowest BCUT2D eigenvalue weighted by atomic mass is 9.77. The van der Waals surface area contributed by atoms with Crippen molar-refractivity contribution in [2.75, 3.05) is 0 Å². The van der Waals surface area contributed by atoms with E-state index in [2.05, 4.69) is 27.7 Å². The number of hydrogen-bond donors (Lipinski definition) is 2. The maximum Gasteiger partial charge on any atom is 0.152 e. The van der Waals surface area contributed by atoms with Crippen molar-refractivity contribution in [3.05, 3.63) is 176 Å². The number of ether oxygens (including phenoxy) is 3. The van der Waals surface area contributed by atoms with Crippen LogP contribution in [0.2, 0.25) is 20.1 Å². The zero-order chi connectivity index (χ0) is 39.3. The van der Waals surface area contributed by atoms with Crippen LogP contribution in [-0.2, 0) is 15.6 Å². The fourth-order valence-corrected chi connectivity index (χ4v) is 7.54. The van der Waals surface area contributed by atoms with E-state index in [1.165, 1.54) is 0 Å². The van der Waals surface area contributed by atoms with Gasteiger partial charge in [0, 0.05) is 0 Å². The first kappa shape index (κ1) is 40.3. The SMILES string of the molecule is CC(C)(CC(OC(CC(C)(C)c1cc(Cl)c(O)c(Cl)c1)c1cccc(Oc2ccccc2)c1)c1cccc(Oc2ccccc2)c1)c1cc(Cl)c(O)c(Cl)c1. The molecule has 284 valence electrons. The molecule has 0 aliphatic carbocycles. The molecule has 0 amide bonds. The van der Waals surface area contributed by atoms with Gasteiger partial charge in [0.05, 0.1) is 32.3 Å². The molecule has 9 heteroatoms.